The molecular formula is C31H31ClN6O8S2. The van der Waals surface area contributed by atoms with Crippen molar-refractivity contribution in [1.82, 2.24) is 30.4 Å². The van der Waals surface area contributed by atoms with Crippen LogP contribution in [-0.2, 0) is 48.2 Å². The summed E-state index contributed by atoms with van der Waals surface area (Å²) in [6, 6.07) is 11.8. The van der Waals surface area contributed by atoms with Gasteiger partial charge in [0.2, 0.25) is 11.1 Å². The Bertz CT molecular complexity index is 1790. The van der Waals surface area contributed by atoms with Crippen LogP contribution in [0.25, 0.3) is 0 Å². The number of para-hydroxylation sites is 1. The molecule has 48 heavy (non-hydrogen) atoms. The minimum absolute atomic E-state index is 0.0575. The summed E-state index contributed by atoms with van der Waals surface area (Å²) in [5.41, 5.74) is 0.573. The van der Waals surface area contributed by atoms with Crippen LogP contribution in [0, 0.1) is 5.41 Å². The van der Waals surface area contributed by atoms with E-state index in [0.717, 1.165) is 17.3 Å². The minimum Gasteiger partial charge on any atom is -0.480 e. The molecule has 1 fully saturated rings. The number of thioether (sulfide) groups is 2. The number of alkyl halides is 1. The van der Waals surface area contributed by atoms with Crippen LogP contribution in [-0.4, -0.2) is 77.1 Å². The summed E-state index contributed by atoms with van der Waals surface area (Å²) in [5.74, 6) is -5.10. The molecule has 17 heteroatoms. The maximum atomic E-state index is 13.7. The van der Waals surface area contributed by atoms with Crippen molar-refractivity contribution in [2.24, 2.45) is 12.5 Å². The number of benzene rings is 2. The average Bonchev–Trinajstić information content (AvgIpc) is 3.46. The van der Waals surface area contributed by atoms with Gasteiger partial charge >= 0.3 is 17.9 Å². The third-order valence-electron chi connectivity index (χ3n) is 7.34. The summed E-state index contributed by atoms with van der Waals surface area (Å²) in [6.45, 7) is 4.88. The van der Waals surface area contributed by atoms with Gasteiger partial charge in [-0.2, -0.15) is 0 Å². The first kappa shape index (κ1) is 34.9. The van der Waals surface area contributed by atoms with E-state index in [1.165, 1.54) is 33.5 Å². The van der Waals surface area contributed by atoms with Crippen LogP contribution in [0.3, 0.4) is 0 Å². The first-order chi connectivity index (χ1) is 22.8. The summed E-state index contributed by atoms with van der Waals surface area (Å²) < 4.78 is 12.7. The zero-order valence-electron chi connectivity index (χ0n) is 26.2. The van der Waals surface area contributed by atoms with E-state index in [1.807, 2.05) is 0 Å². The van der Waals surface area contributed by atoms with Gasteiger partial charge in [-0.05, 0) is 60.2 Å². The van der Waals surface area contributed by atoms with E-state index in [0.29, 0.717) is 15.6 Å². The number of carboxylic acids is 1. The van der Waals surface area contributed by atoms with Crippen LogP contribution in [0.5, 0.6) is 5.75 Å². The smallest absolute Gasteiger partial charge is 0.356 e. The second kappa shape index (κ2) is 14.4. The summed E-state index contributed by atoms with van der Waals surface area (Å²) in [5, 5.41) is 23.5. The van der Waals surface area contributed by atoms with Gasteiger partial charge in [-0.25, -0.2) is 9.48 Å². The fourth-order valence-electron chi connectivity index (χ4n) is 4.71. The Morgan fingerprint density at radius 2 is 1.85 bits per heavy atom. The van der Waals surface area contributed by atoms with Crippen molar-refractivity contribution in [2.75, 3.05) is 5.75 Å². The molecule has 252 valence electrons. The molecule has 0 aliphatic carbocycles. The van der Waals surface area contributed by atoms with Crippen molar-refractivity contribution in [3.63, 3.8) is 0 Å². The molecule has 1 aromatic heterocycles. The number of halogens is 1. The Morgan fingerprint density at radius 1 is 1.15 bits per heavy atom. The molecule has 5 rings (SSSR count). The van der Waals surface area contributed by atoms with Crippen LogP contribution < -0.4 is 10.1 Å². The Kier molecular flexibility index (Phi) is 10.5. The quantitative estimate of drug-likeness (QED) is 0.0972. The molecule has 2 N–H and O–H groups in total. The van der Waals surface area contributed by atoms with Gasteiger partial charge in [-0.1, -0.05) is 42.5 Å². The van der Waals surface area contributed by atoms with Crippen LogP contribution in [0.2, 0.25) is 0 Å². The number of tetrazole rings is 1. The Labute approximate surface area is 288 Å². The van der Waals surface area contributed by atoms with Crippen molar-refractivity contribution in [1.29, 1.82) is 0 Å². The Morgan fingerprint density at radius 3 is 2.48 bits per heavy atom. The van der Waals surface area contributed by atoms with Gasteiger partial charge in [0.1, 0.15) is 29.5 Å². The molecule has 1 saturated heterocycles. The number of β-lactam (4-membered cyclic amide) rings is 1. The van der Waals surface area contributed by atoms with Gasteiger partial charge < -0.3 is 19.9 Å². The lowest BCUT2D eigenvalue weighted by molar-refractivity contribution is -0.154. The minimum atomic E-state index is -1.58. The van der Waals surface area contributed by atoms with Gasteiger partial charge in [0.25, 0.3) is 5.91 Å². The number of carbonyl (C=O) groups is 5. The van der Waals surface area contributed by atoms with Crippen molar-refractivity contribution >= 4 is 64.8 Å². The highest BCUT2D eigenvalue weighted by Crippen LogP contribution is 2.45. The molecule has 2 amide bonds. The predicted octanol–water partition coefficient (Wildman–Crippen LogP) is 3.22. The molecule has 3 unspecified atom stereocenters. The topological polar surface area (TPSA) is 183 Å². The first-order valence-corrected chi connectivity index (χ1v) is 16.9. The average molecular weight is 715 g/mol. The van der Waals surface area contributed by atoms with Gasteiger partial charge in [0, 0.05) is 29.1 Å². The second-order valence-electron chi connectivity index (χ2n) is 11.8. The second-order valence-corrected chi connectivity index (χ2v) is 14.3. The Hall–Kier alpha value is -4.41. The molecule has 2 aliphatic rings. The molecular weight excluding hydrogens is 684 g/mol. The van der Waals surface area contributed by atoms with Gasteiger partial charge in [0.15, 0.2) is 5.92 Å². The molecule has 0 spiro atoms. The summed E-state index contributed by atoms with van der Waals surface area (Å²) in [6.07, 6.45) is 0. The van der Waals surface area contributed by atoms with Crippen LogP contribution in [0.1, 0.15) is 43.4 Å². The van der Waals surface area contributed by atoms with E-state index in [4.69, 9.17) is 21.1 Å². The number of esters is 2. The molecule has 2 aliphatic heterocycles. The highest BCUT2D eigenvalue weighted by atomic mass is 35.5. The van der Waals surface area contributed by atoms with Crippen LogP contribution >= 0.6 is 35.1 Å². The monoisotopic (exact) mass is 714 g/mol. The van der Waals surface area contributed by atoms with Crippen molar-refractivity contribution in [3.8, 4) is 5.75 Å². The number of nitrogens with one attached hydrogen (secondary N) is 1. The lowest BCUT2D eigenvalue weighted by Crippen LogP contribution is -2.71. The summed E-state index contributed by atoms with van der Waals surface area (Å²) in [4.78, 5) is 66.9. The van der Waals surface area contributed by atoms with E-state index in [2.05, 4.69) is 20.8 Å². The van der Waals surface area contributed by atoms with Crippen LogP contribution in [0.15, 0.2) is 64.3 Å². The SMILES string of the molecule is Cn1nnnc1SC1=C(C(=O)OCc2ccccc2OC(=O)C(C)(C)C)N2C(=O)C(NC(=O)C(C(=O)O)c3ccc(CCl)cc3)C2SC1. The molecule has 2 aromatic carbocycles. The molecule has 3 heterocycles. The number of carboxylic acid groups (broad SMARTS) is 1. The van der Waals surface area contributed by atoms with Crippen molar-refractivity contribution in [3.05, 3.63) is 75.8 Å². The summed E-state index contributed by atoms with van der Waals surface area (Å²) in [7, 11) is 1.62. The zero-order valence-corrected chi connectivity index (χ0v) is 28.6. The van der Waals surface area contributed by atoms with E-state index in [-0.39, 0.29) is 35.2 Å². The zero-order chi connectivity index (χ0) is 34.7. The number of hydrogen-bond acceptors (Lipinski definition) is 12. The van der Waals surface area contributed by atoms with E-state index >= 15 is 0 Å². The lowest BCUT2D eigenvalue weighted by atomic mass is 9.96. The number of fused-ring (bicyclic) bond motifs is 1. The maximum absolute atomic E-state index is 13.7. The fourth-order valence-corrected chi connectivity index (χ4v) is 7.26. The first-order valence-electron chi connectivity index (χ1n) is 14.5. The number of aryl methyl sites for hydroxylation is 1. The number of aromatic nitrogens is 4. The van der Waals surface area contributed by atoms with E-state index < -0.39 is 52.5 Å². The molecule has 14 nitrogen and oxygen atoms in total. The third-order valence-corrected chi connectivity index (χ3v) is 10.2. The fraction of sp³-hybridized carbons (Fsp3) is 0.355. The number of ether oxygens (including phenoxy) is 2. The molecule has 0 bridgehead atoms. The Balaban J connectivity index is 1.37. The van der Waals surface area contributed by atoms with Crippen molar-refractivity contribution in [2.45, 2.75) is 55.7 Å². The molecule has 3 atom stereocenters. The normalized spacial score (nSPS) is 18.0. The van der Waals surface area contributed by atoms with Gasteiger partial charge in [-0.3, -0.25) is 24.1 Å². The lowest BCUT2D eigenvalue weighted by Gasteiger charge is -2.49. The predicted molar refractivity (Wildman–Crippen MR) is 174 cm³/mol. The number of aliphatic carboxylic acids is 1. The molecule has 0 radical (unpaired) electrons. The van der Waals surface area contributed by atoms with Crippen LogP contribution in [0.4, 0.5) is 0 Å². The number of nitrogens with zero attached hydrogens (tertiary/aromatic N) is 5. The molecule has 0 saturated carbocycles. The summed E-state index contributed by atoms with van der Waals surface area (Å²) >= 11 is 8.20. The number of amides is 2. The number of rotatable bonds is 11. The van der Waals surface area contributed by atoms with E-state index in [9.17, 15) is 29.1 Å². The highest BCUT2D eigenvalue weighted by molar-refractivity contribution is 8.06. The van der Waals surface area contributed by atoms with Gasteiger partial charge in [0.05, 0.1) is 5.41 Å². The molecule has 3 aromatic rings. The van der Waals surface area contributed by atoms with Gasteiger partial charge in [-0.15, -0.1) is 28.5 Å². The third kappa shape index (κ3) is 7.34. The highest BCUT2D eigenvalue weighted by Gasteiger charge is 2.55. The number of hydrogen-bond donors (Lipinski definition) is 2. The van der Waals surface area contributed by atoms with E-state index in [1.54, 1.807) is 64.2 Å². The largest absolute Gasteiger partial charge is 0.480 e. The number of carbonyl (C=O) groups excluding carboxylic acids is 4. The van der Waals surface area contributed by atoms with Crippen molar-refractivity contribution < 1.29 is 38.6 Å². The maximum Gasteiger partial charge on any atom is 0.356 e. The standard InChI is InChI=1S/C31H31ClN6O8S2/c1-31(2,3)29(44)46-19-8-6-5-7-18(19)14-45-28(43)23-20(48-30-34-35-36-37(30)4)15-47-26-22(25(40)38(23)26)33-24(39)21(27(41)42)17-11-9-16(13-32)10-12-17/h5-12,21-22,26H,13-15H2,1-4H3,(H,33,39)(H,41,42).